The van der Waals surface area contributed by atoms with Gasteiger partial charge < -0.3 is 4.57 Å². The van der Waals surface area contributed by atoms with E-state index in [9.17, 15) is 4.79 Å². The molecule has 4 nitrogen and oxygen atoms in total. The van der Waals surface area contributed by atoms with Crippen molar-refractivity contribution in [2.24, 2.45) is 0 Å². The summed E-state index contributed by atoms with van der Waals surface area (Å²) in [5.74, 6) is 0. The zero-order chi connectivity index (χ0) is 25.3. The van der Waals surface area contributed by atoms with E-state index in [-0.39, 0.29) is 5.56 Å². The molecule has 0 fully saturated rings. The van der Waals surface area contributed by atoms with Crippen molar-refractivity contribution in [2.45, 2.75) is 26.4 Å². The quantitative estimate of drug-likeness (QED) is 0.287. The molecule has 5 rings (SSSR count). The normalized spacial score (nSPS) is 12.4. The Morgan fingerprint density at radius 1 is 0.667 bits per heavy atom. The molecule has 4 aromatic carbocycles. The maximum Gasteiger partial charge on any atom is 0.275 e. The number of H-pyrrole nitrogens is 1. The van der Waals surface area contributed by atoms with E-state index in [1.807, 2.05) is 130 Å². The molecule has 1 unspecified atom stereocenters. The highest BCUT2D eigenvalue weighted by molar-refractivity contribution is 7.79. The van der Waals surface area contributed by atoms with Crippen LogP contribution in [-0.2, 0) is 4.57 Å². The van der Waals surface area contributed by atoms with E-state index in [2.05, 4.69) is 5.10 Å². The van der Waals surface area contributed by atoms with Crippen molar-refractivity contribution in [2.75, 3.05) is 0 Å². The number of nitrogens with zero attached hydrogens (tertiary/aromatic N) is 1. The van der Waals surface area contributed by atoms with Crippen LogP contribution in [0, 0.1) is 20.8 Å². The van der Waals surface area contributed by atoms with Crippen LogP contribution in [0.3, 0.4) is 0 Å². The van der Waals surface area contributed by atoms with Gasteiger partial charge in [-0.1, -0.05) is 108 Å². The third-order valence-corrected chi connectivity index (χ3v) is 10.1. The average Bonchev–Trinajstić information content (AvgIpc) is 3.19. The fraction of sp³-hybridized carbons (Fsp3) is 0.129. The molecule has 0 saturated carbocycles. The Morgan fingerprint density at radius 3 is 1.64 bits per heavy atom. The van der Waals surface area contributed by atoms with Gasteiger partial charge in [-0.15, -0.1) is 0 Å². The van der Waals surface area contributed by atoms with Crippen LogP contribution < -0.4 is 16.2 Å². The topological polar surface area (TPSA) is 54.9 Å². The molecule has 0 aliphatic carbocycles. The van der Waals surface area contributed by atoms with Gasteiger partial charge in [0.15, 0.2) is 7.14 Å². The number of rotatable bonds is 6. The average molecular weight is 493 g/mol. The SMILES string of the molecule is Cc1ccc(P(=O)(c2ccc(C)cc2)C(c2ccccc2)c2c(C)[nH]n(-c3ccccc3)c2=O)cc1. The van der Waals surface area contributed by atoms with Gasteiger partial charge in [-0.25, -0.2) is 4.68 Å². The molecule has 5 aromatic rings. The lowest BCUT2D eigenvalue weighted by Crippen LogP contribution is -2.27. The fourth-order valence-corrected chi connectivity index (χ4v) is 8.15. The first-order valence-electron chi connectivity index (χ1n) is 12.1. The van der Waals surface area contributed by atoms with Crippen molar-refractivity contribution in [3.8, 4) is 5.69 Å². The molecule has 1 atom stereocenters. The highest BCUT2D eigenvalue weighted by atomic mass is 31.2. The summed E-state index contributed by atoms with van der Waals surface area (Å²) in [6, 6.07) is 35.0. The minimum absolute atomic E-state index is 0.188. The lowest BCUT2D eigenvalue weighted by Gasteiger charge is -2.29. The van der Waals surface area contributed by atoms with Crippen molar-refractivity contribution < 1.29 is 4.57 Å². The zero-order valence-electron chi connectivity index (χ0n) is 20.7. The number of aromatic nitrogens is 2. The van der Waals surface area contributed by atoms with E-state index in [4.69, 9.17) is 0 Å². The van der Waals surface area contributed by atoms with Gasteiger partial charge in [0.25, 0.3) is 5.56 Å². The molecule has 0 spiro atoms. The molecule has 0 aliphatic rings. The van der Waals surface area contributed by atoms with Gasteiger partial charge >= 0.3 is 0 Å². The van der Waals surface area contributed by atoms with Gasteiger partial charge in [-0.2, -0.15) is 0 Å². The molecule has 1 heterocycles. The molecule has 36 heavy (non-hydrogen) atoms. The minimum atomic E-state index is -3.38. The Morgan fingerprint density at radius 2 is 1.14 bits per heavy atom. The first-order valence-corrected chi connectivity index (χ1v) is 13.8. The number of aryl methyl sites for hydroxylation is 3. The van der Waals surface area contributed by atoms with Crippen molar-refractivity contribution in [1.29, 1.82) is 0 Å². The van der Waals surface area contributed by atoms with Crippen molar-refractivity contribution in [3.05, 3.63) is 147 Å². The minimum Gasteiger partial charge on any atom is -0.313 e. The summed E-state index contributed by atoms with van der Waals surface area (Å²) in [5.41, 5.74) is 4.16. The number of para-hydroxylation sites is 1. The number of benzene rings is 4. The van der Waals surface area contributed by atoms with Crippen LogP contribution in [0.1, 0.15) is 33.6 Å². The molecule has 0 radical (unpaired) electrons. The van der Waals surface area contributed by atoms with E-state index in [1.54, 1.807) is 4.68 Å². The molecule has 5 heteroatoms. The molecular weight excluding hydrogens is 463 g/mol. The van der Waals surface area contributed by atoms with Crippen LogP contribution in [-0.4, -0.2) is 9.78 Å². The zero-order valence-corrected chi connectivity index (χ0v) is 21.6. The van der Waals surface area contributed by atoms with Gasteiger partial charge in [0.05, 0.1) is 16.9 Å². The van der Waals surface area contributed by atoms with E-state index >= 15 is 4.57 Å². The lowest BCUT2D eigenvalue weighted by atomic mass is 10.1. The van der Waals surface area contributed by atoms with Gasteiger partial charge in [0, 0.05) is 16.3 Å². The summed E-state index contributed by atoms with van der Waals surface area (Å²) in [6.45, 7) is 5.93. The van der Waals surface area contributed by atoms with Gasteiger partial charge in [0.1, 0.15) is 0 Å². The van der Waals surface area contributed by atoms with E-state index in [0.29, 0.717) is 11.3 Å². The molecule has 1 aromatic heterocycles. The van der Waals surface area contributed by atoms with Crippen molar-refractivity contribution in [1.82, 2.24) is 9.78 Å². The van der Waals surface area contributed by atoms with Crippen molar-refractivity contribution in [3.63, 3.8) is 0 Å². The van der Waals surface area contributed by atoms with Crippen LogP contribution in [0.2, 0.25) is 0 Å². The van der Waals surface area contributed by atoms with Crippen LogP contribution >= 0.6 is 7.14 Å². The monoisotopic (exact) mass is 492 g/mol. The van der Waals surface area contributed by atoms with E-state index < -0.39 is 12.8 Å². The lowest BCUT2D eigenvalue weighted by molar-refractivity contribution is 0.582. The van der Waals surface area contributed by atoms with Gasteiger partial charge in [-0.3, -0.25) is 9.89 Å². The summed E-state index contributed by atoms with van der Waals surface area (Å²) in [7, 11) is -3.38. The molecular formula is C31H29N2O2P. The van der Waals surface area contributed by atoms with Crippen molar-refractivity contribution >= 4 is 17.8 Å². The Bertz CT molecular complexity index is 1530. The summed E-state index contributed by atoms with van der Waals surface area (Å²) < 4.78 is 17.2. The molecule has 1 N–H and O–H groups in total. The van der Waals surface area contributed by atoms with E-state index in [1.165, 1.54) is 0 Å². The molecule has 0 saturated heterocycles. The first kappa shape index (κ1) is 23.8. The second-order valence-corrected chi connectivity index (χ2v) is 12.1. The Hall–Kier alpha value is -3.88. The Kier molecular flexibility index (Phi) is 6.38. The molecule has 0 bridgehead atoms. The summed E-state index contributed by atoms with van der Waals surface area (Å²) in [5, 5.41) is 4.72. The second kappa shape index (κ2) is 9.64. The second-order valence-electron chi connectivity index (χ2n) is 9.27. The maximum absolute atomic E-state index is 15.6. The third-order valence-electron chi connectivity index (χ3n) is 6.72. The largest absolute Gasteiger partial charge is 0.313 e. The van der Waals surface area contributed by atoms with Crippen LogP contribution in [0.25, 0.3) is 5.69 Å². The van der Waals surface area contributed by atoms with Gasteiger partial charge in [-0.05, 0) is 38.5 Å². The highest BCUT2D eigenvalue weighted by Crippen LogP contribution is 2.60. The first-order chi connectivity index (χ1) is 17.4. The molecule has 0 amide bonds. The summed E-state index contributed by atoms with van der Waals surface area (Å²) in [4.78, 5) is 14.0. The van der Waals surface area contributed by atoms with Gasteiger partial charge in [0.2, 0.25) is 0 Å². The number of hydrogen-bond donors (Lipinski definition) is 1. The fourth-order valence-electron chi connectivity index (χ4n) is 4.81. The number of hydrogen-bond acceptors (Lipinski definition) is 2. The Balaban J connectivity index is 1.84. The summed E-state index contributed by atoms with van der Waals surface area (Å²) in [6.07, 6.45) is 0. The smallest absolute Gasteiger partial charge is 0.275 e. The van der Waals surface area contributed by atoms with Crippen LogP contribution in [0.5, 0.6) is 0 Å². The van der Waals surface area contributed by atoms with E-state index in [0.717, 1.165) is 33.0 Å². The predicted octanol–water partition coefficient (Wildman–Crippen LogP) is 6.19. The molecule has 0 aliphatic heterocycles. The predicted molar refractivity (Wildman–Crippen MR) is 149 cm³/mol. The highest BCUT2D eigenvalue weighted by Gasteiger charge is 2.42. The third kappa shape index (κ3) is 4.19. The van der Waals surface area contributed by atoms with Crippen LogP contribution in [0.15, 0.2) is 114 Å². The number of nitrogens with one attached hydrogen (secondary N) is 1. The Labute approximate surface area is 211 Å². The molecule has 180 valence electrons. The van der Waals surface area contributed by atoms with Crippen LogP contribution in [0.4, 0.5) is 0 Å². The summed E-state index contributed by atoms with van der Waals surface area (Å²) >= 11 is 0. The standard InChI is InChI=1S/C31H29N2O2P/c1-22-14-18-27(19-15-22)36(35,28-20-16-23(2)17-21-28)30(25-10-6-4-7-11-25)29-24(3)32-33(31(29)34)26-12-8-5-9-13-26/h4-21,30,32H,1-3H3. The maximum atomic E-state index is 15.6. The number of aromatic amines is 1.